The molecule has 0 fully saturated rings. The van der Waals surface area contributed by atoms with E-state index in [1.807, 2.05) is 50.7 Å². The minimum absolute atomic E-state index is 0.359. The van der Waals surface area contributed by atoms with Crippen molar-refractivity contribution in [3.05, 3.63) is 35.4 Å². The minimum atomic E-state index is 0.359. The van der Waals surface area contributed by atoms with Gasteiger partial charge in [-0.3, -0.25) is 0 Å². The zero-order valence-corrected chi connectivity index (χ0v) is 13.0. The van der Waals surface area contributed by atoms with E-state index in [-0.39, 0.29) is 0 Å². The second-order valence-corrected chi connectivity index (χ2v) is 4.72. The van der Waals surface area contributed by atoms with Gasteiger partial charge in [0, 0.05) is 19.2 Å². The average molecular weight is 290 g/mol. The highest BCUT2D eigenvalue weighted by molar-refractivity contribution is 5.46. The lowest BCUT2D eigenvalue weighted by molar-refractivity contribution is 0.257. The number of hydrogen-bond donors (Lipinski definition) is 1. The van der Waals surface area contributed by atoms with Crippen LogP contribution in [0.4, 0.5) is 0 Å². The van der Waals surface area contributed by atoms with Gasteiger partial charge in [0.1, 0.15) is 12.4 Å². The number of hydrogen-bond acceptors (Lipinski definition) is 5. The Morgan fingerprint density at radius 2 is 2.05 bits per heavy atom. The van der Waals surface area contributed by atoms with Crippen LogP contribution in [-0.2, 0) is 20.2 Å². The molecule has 6 heteroatoms. The number of aromatic nitrogens is 3. The Balaban J connectivity index is 2.22. The Bertz CT molecular complexity index is 571. The van der Waals surface area contributed by atoms with Gasteiger partial charge in [-0.1, -0.05) is 12.1 Å². The van der Waals surface area contributed by atoms with Crippen LogP contribution in [0.3, 0.4) is 0 Å². The molecule has 0 aliphatic heterocycles. The third-order valence-electron chi connectivity index (χ3n) is 3.26. The first-order valence-corrected chi connectivity index (χ1v) is 7.04. The van der Waals surface area contributed by atoms with Gasteiger partial charge >= 0.3 is 0 Å². The van der Waals surface area contributed by atoms with Crippen molar-refractivity contribution in [2.45, 2.75) is 27.0 Å². The van der Waals surface area contributed by atoms with Gasteiger partial charge in [-0.05, 0) is 27.0 Å². The Hall–Kier alpha value is -2.08. The lowest BCUT2D eigenvalue weighted by atomic mass is 10.2. The molecule has 1 N–H and O–H groups in total. The maximum absolute atomic E-state index is 5.97. The standard InChI is InChI=1S/C15H22N4O2/c1-5-20-13-8-6-7-12(9-16-3)15(13)21-10-14-18-17-11(2)19(14)4/h6-8,16H,5,9-10H2,1-4H3. The van der Waals surface area contributed by atoms with Crippen molar-refractivity contribution >= 4 is 0 Å². The third kappa shape index (κ3) is 3.52. The van der Waals surface area contributed by atoms with E-state index in [1.165, 1.54) is 0 Å². The van der Waals surface area contributed by atoms with E-state index in [0.717, 1.165) is 28.7 Å². The largest absolute Gasteiger partial charge is 0.490 e. The molecule has 114 valence electrons. The highest BCUT2D eigenvalue weighted by Crippen LogP contribution is 2.32. The van der Waals surface area contributed by atoms with Gasteiger partial charge < -0.3 is 19.4 Å². The highest BCUT2D eigenvalue weighted by Gasteiger charge is 2.13. The summed E-state index contributed by atoms with van der Waals surface area (Å²) >= 11 is 0. The van der Waals surface area contributed by atoms with E-state index in [1.54, 1.807) is 0 Å². The number of aryl methyl sites for hydroxylation is 1. The van der Waals surface area contributed by atoms with E-state index in [0.29, 0.717) is 19.8 Å². The molecular formula is C15H22N4O2. The van der Waals surface area contributed by atoms with Crippen LogP contribution in [0.1, 0.15) is 24.1 Å². The molecule has 1 heterocycles. The fourth-order valence-corrected chi connectivity index (χ4v) is 2.04. The predicted molar refractivity (Wildman–Crippen MR) is 80.4 cm³/mol. The van der Waals surface area contributed by atoms with Gasteiger partial charge in [-0.15, -0.1) is 10.2 Å². The minimum Gasteiger partial charge on any atom is -0.490 e. The first-order chi connectivity index (χ1) is 10.2. The predicted octanol–water partition coefficient (Wildman–Crippen LogP) is 1.82. The lowest BCUT2D eigenvalue weighted by Gasteiger charge is -2.15. The summed E-state index contributed by atoms with van der Waals surface area (Å²) in [6.45, 7) is 5.55. The van der Waals surface area contributed by atoms with Crippen LogP contribution >= 0.6 is 0 Å². The summed E-state index contributed by atoms with van der Waals surface area (Å²) < 4.78 is 13.5. The molecule has 2 rings (SSSR count). The maximum Gasteiger partial charge on any atom is 0.170 e. The van der Waals surface area contributed by atoms with Crippen molar-refractivity contribution in [2.24, 2.45) is 7.05 Å². The first kappa shape index (κ1) is 15.3. The van der Waals surface area contributed by atoms with Crippen molar-refractivity contribution in [1.29, 1.82) is 0 Å². The molecule has 0 bridgehead atoms. The number of para-hydroxylation sites is 1. The van der Waals surface area contributed by atoms with Crippen LogP contribution in [0.25, 0.3) is 0 Å². The van der Waals surface area contributed by atoms with Crippen LogP contribution in [0, 0.1) is 6.92 Å². The zero-order valence-electron chi connectivity index (χ0n) is 13.0. The van der Waals surface area contributed by atoms with E-state index in [9.17, 15) is 0 Å². The van der Waals surface area contributed by atoms with Crippen LogP contribution in [0.15, 0.2) is 18.2 Å². The first-order valence-electron chi connectivity index (χ1n) is 7.04. The number of ether oxygens (including phenoxy) is 2. The second-order valence-electron chi connectivity index (χ2n) is 4.72. The van der Waals surface area contributed by atoms with E-state index in [2.05, 4.69) is 15.5 Å². The monoisotopic (exact) mass is 290 g/mol. The van der Waals surface area contributed by atoms with E-state index < -0.39 is 0 Å². The summed E-state index contributed by atoms with van der Waals surface area (Å²) in [6.07, 6.45) is 0. The quantitative estimate of drug-likeness (QED) is 0.843. The molecule has 21 heavy (non-hydrogen) atoms. The lowest BCUT2D eigenvalue weighted by Crippen LogP contribution is -2.10. The summed E-state index contributed by atoms with van der Waals surface area (Å²) in [6, 6.07) is 5.91. The van der Waals surface area contributed by atoms with Crippen molar-refractivity contribution in [3.63, 3.8) is 0 Å². The SMILES string of the molecule is CCOc1cccc(CNC)c1OCc1nnc(C)n1C. The Morgan fingerprint density at radius 3 is 2.67 bits per heavy atom. The van der Waals surface area contributed by atoms with Crippen LogP contribution in [-0.4, -0.2) is 28.4 Å². The fourth-order valence-electron chi connectivity index (χ4n) is 2.04. The number of nitrogens with one attached hydrogen (secondary N) is 1. The second kappa shape index (κ2) is 7.08. The van der Waals surface area contributed by atoms with Gasteiger partial charge in [0.25, 0.3) is 0 Å². The molecule has 2 aromatic rings. The smallest absolute Gasteiger partial charge is 0.170 e. The van der Waals surface area contributed by atoms with Crippen molar-refractivity contribution in [2.75, 3.05) is 13.7 Å². The summed E-state index contributed by atoms with van der Waals surface area (Å²) in [5.41, 5.74) is 1.06. The molecule has 0 unspecified atom stereocenters. The van der Waals surface area contributed by atoms with Crippen molar-refractivity contribution < 1.29 is 9.47 Å². The number of rotatable bonds is 7. The fraction of sp³-hybridized carbons (Fsp3) is 0.467. The molecule has 1 aromatic heterocycles. The molecule has 0 atom stereocenters. The number of benzene rings is 1. The highest BCUT2D eigenvalue weighted by atomic mass is 16.5. The van der Waals surface area contributed by atoms with Gasteiger partial charge in [-0.25, -0.2) is 0 Å². The Labute approximate surface area is 125 Å². The zero-order chi connectivity index (χ0) is 15.2. The summed E-state index contributed by atoms with van der Waals surface area (Å²) in [5, 5.41) is 11.3. The van der Waals surface area contributed by atoms with Gasteiger partial charge in [-0.2, -0.15) is 0 Å². The molecule has 0 saturated heterocycles. The van der Waals surface area contributed by atoms with Crippen molar-refractivity contribution in [3.8, 4) is 11.5 Å². The van der Waals surface area contributed by atoms with Gasteiger partial charge in [0.05, 0.1) is 6.61 Å². The summed E-state index contributed by atoms with van der Waals surface area (Å²) in [4.78, 5) is 0. The molecule has 0 radical (unpaired) electrons. The molecule has 0 aliphatic carbocycles. The molecule has 1 aromatic carbocycles. The van der Waals surface area contributed by atoms with Crippen LogP contribution in [0.2, 0.25) is 0 Å². The maximum atomic E-state index is 5.97. The average Bonchev–Trinajstić information content (AvgIpc) is 2.79. The molecule has 0 saturated carbocycles. The molecule has 6 nitrogen and oxygen atoms in total. The third-order valence-corrected chi connectivity index (χ3v) is 3.26. The molecular weight excluding hydrogens is 268 g/mol. The molecule has 0 aliphatic rings. The molecule has 0 spiro atoms. The summed E-state index contributed by atoms with van der Waals surface area (Å²) in [7, 11) is 3.83. The van der Waals surface area contributed by atoms with Gasteiger partial charge in [0.2, 0.25) is 0 Å². The van der Waals surface area contributed by atoms with Crippen LogP contribution in [0.5, 0.6) is 11.5 Å². The van der Waals surface area contributed by atoms with Crippen molar-refractivity contribution in [1.82, 2.24) is 20.1 Å². The van der Waals surface area contributed by atoms with E-state index >= 15 is 0 Å². The summed E-state index contributed by atoms with van der Waals surface area (Å²) in [5.74, 6) is 3.16. The molecule has 0 amide bonds. The van der Waals surface area contributed by atoms with Crippen LogP contribution < -0.4 is 14.8 Å². The normalized spacial score (nSPS) is 10.7. The number of nitrogens with zero attached hydrogens (tertiary/aromatic N) is 3. The van der Waals surface area contributed by atoms with Gasteiger partial charge in [0.15, 0.2) is 17.3 Å². The Kier molecular flexibility index (Phi) is 5.16. The van der Waals surface area contributed by atoms with E-state index in [4.69, 9.17) is 9.47 Å². The Morgan fingerprint density at radius 1 is 1.24 bits per heavy atom. The topological polar surface area (TPSA) is 61.2 Å².